The molecule has 0 radical (unpaired) electrons. The first-order valence-electron chi connectivity index (χ1n) is 10.8. The van der Waals surface area contributed by atoms with Crippen LogP contribution in [0.2, 0.25) is 0 Å². The number of aliphatic hydroxyl groups excluding tert-OH is 1. The summed E-state index contributed by atoms with van der Waals surface area (Å²) in [4.78, 5) is 0. The molecule has 4 rings (SSSR count). The van der Waals surface area contributed by atoms with Gasteiger partial charge in [0, 0.05) is 26.9 Å². The van der Waals surface area contributed by atoms with E-state index in [9.17, 15) is 14.2 Å². The van der Waals surface area contributed by atoms with Gasteiger partial charge in [0.25, 0.3) is 0 Å². The molecule has 1 unspecified atom stereocenters. The molecule has 33 heavy (non-hydrogen) atoms. The largest absolute Gasteiger partial charge is 0.504 e. The van der Waals surface area contributed by atoms with E-state index in [1.165, 1.54) is 6.08 Å². The minimum Gasteiger partial charge on any atom is -0.504 e. The van der Waals surface area contributed by atoms with Gasteiger partial charge in [-0.15, -0.1) is 0 Å². The van der Waals surface area contributed by atoms with Gasteiger partial charge in [-0.05, 0) is 6.08 Å². The molecule has 0 aliphatic heterocycles. The van der Waals surface area contributed by atoms with E-state index in [4.69, 9.17) is 0 Å². The van der Waals surface area contributed by atoms with Crippen molar-refractivity contribution in [2.75, 3.05) is 0 Å². The van der Waals surface area contributed by atoms with Crippen LogP contribution >= 0.6 is 14.3 Å². The lowest BCUT2D eigenvalue weighted by Gasteiger charge is -2.25. The van der Waals surface area contributed by atoms with E-state index >= 15 is 0 Å². The molecule has 166 valence electrons. The van der Waals surface area contributed by atoms with E-state index in [0.29, 0.717) is 21.2 Å². The summed E-state index contributed by atoms with van der Waals surface area (Å²) in [5, 5.41) is 13.8. The average molecular weight is 472 g/mol. The quantitative estimate of drug-likeness (QED) is 0.273. The first-order valence-corrected chi connectivity index (χ1v) is 14.3. The lowest BCUT2D eigenvalue weighted by atomic mass is 10.4. The van der Waals surface area contributed by atoms with Gasteiger partial charge in [0.1, 0.15) is 7.14 Å². The molecular weight excluding hydrogens is 446 g/mol. The van der Waals surface area contributed by atoms with Gasteiger partial charge >= 0.3 is 0 Å². The molecular formula is C28H26O3P2. The third-order valence-electron chi connectivity index (χ3n) is 5.81. The van der Waals surface area contributed by atoms with Crippen LogP contribution in [0.3, 0.4) is 0 Å². The molecule has 0 amide bonds. The van der Waals surface area contributed by atoms with E-state index < -0.39 is 19.9 Å². The van der Waals surface area contributed by atoms with Crippen LogP contribution in [0.25, 0.3) is 0 Å². The Hall–Kier alpha value is -3.12. The molecule has 0 fully saturated rings. The second-order valence-corrected chi connectivity index (χ2v) is 13.7. The van der Waals surface area contributed by atoms with Crippen LogP contribution < -0.4 is 21.2 Å². The number of benzene rings is 4. The van der Waals surface area contributed by atoms with Crippen LogP contribution in [-0.2, 0) is 9.13 Å². The number of rotatable bonds is 7. The molecule has 5 heteroatoms. The van der Waals surface area contributed by atoms with Gasteiger partial charge in [-0.3, -0.25) is 0 Å². The Morgan fingerprint density at radius 2 is 0.909 bits per heavy atom. The number of aliphatic hydroxyl groups is 1. The summed E-state index contributed by atoms with van der Waals surface area (Å²) in [6.45, 7) is 1.82. The Labute approximate surface area is 195 Å². The molecule has 1 atom stereocenters. The van der Waals surface area contributed by atoms with Gasteiger partial charge in [-0.1, -0.05) is 128 Å². The zero-order valence-electron chi connectivity index (χ0n) is 18.4. The first kappa shape index (κ1) is 23.1. The fraction of sp³-hybridized carbons (Fsp3) is 0.0714. The zero-order valence-corrected chi connectivity index (χ0v) is 20.1. The van der Waals surface area contributed by atoms with Crippen LogP contribution in [-0.4, -0.2) is 10.8 Å². The zero-order chi connectivity index (χ0) is 23.3. The first-order chi connectivity index (χ1) is 16.0. The van der Waals surface area contributed by atoms with Crippen molar-refractivity contribution in [1.82, 2.24) is 0 Å². The second kappa shape index (κ2) is 9.79. The van der Waals surface area contributed by atoms with Crippen molar-refractivity contribution in [3.05, 3.63) is 133 Å². The number of allylic oxidation sites excluding steroid dienone is 1. The third kappa shape index (κ3) is 4.40. The van der Waals surface area contributed by atoms with Crippen molar-refractivity contribution in [2.24, 2.45) is 0 Å². The summed E-state index contributed by atoms with van der Waals surface area (Å²) in [5.41, 5.74) is -0.831. The Morgan fingerprint density at radius 1 is 0.606 bits per heavy atom. The SMILES string of the molecule is CC(C=C(O)P(=O)(c1ccccc1)c1ccccc1)P(=O)(c1ccccc1)c1ccccc1. The molecule has 0 spiro atoms. The average Bonchev–Trinajstić information content (AvgIpc) is 2.89. The van der Waals surface area contributed by atoms with Crippen molar-refractivity contribution >= 4 is 35.5 Å². The lowest BCUT2D eigenvalue weighted by molar-refractivity contribution is 0.440. The maximum atomic E-state index is 14.6. The highest BCUT2D eigenvalue weighted by Gasteiger charge is 2.37. The van der Waals surface area contributed by atoms with Crippen molar-refractivity contribution in [2.45, 2.75) is 12.6 Å². The van der Waals surface area contributed by atoms with Gasteiger partial charge in [0.15, 0.2) is 5.50 Å². The molecule has 3 nitrogen and oxygen atoms in total. The van der Waals surface area contributed by atoms with Crippen molar-refractivity contribution < 1.29 is 14.2 Å². The van der Waals surface area contributed by atoms with Crippen LogP contribution in [0.4, 0.5) is 0 Å². The van der Waals surface area contributed by atoms with Crippen LogP contribution in [0.5, 0.6) is 0 Å². The summed E-state index contributed by atoms with van der Waals surface area (Å²) < 4.78 is 29.1. The highest BCUT2D eigenvalue weighted by Crippen LogP contribution is 2.54. The predicted molar refractivity (Wildman–Crippen MR) is 140 cm³/mol. The van der Waals surface area contributed by atoms with Gasteiger partial charge in [-0.2, -0.15) is 0 Å². The molecule has 1 N–H and O–H groups in total. The monoisotopic (exact) mass is 472 g/mol. The van der Waals surface area contributed by atoms with Crippen molar-refractivity contribution in [3.63, 3.8) is 0 Å². The third-order valence-corrected chi connectivity index (χ3v) is 12.1. The Kier molecular flexibility index (Phi) is 6.84. The summed E-state index contributed by atoms with van der Waals surface area (Å²) in [7, 11) is -6.71. The fourth-order valence-electron chi connectivity index (χ4n) is 4.03. The lowest BCUT2D eigenvalue weighted by Crippen LogP contribution is -2.24. The molecule has 0 bridgehead atoms. The minimum atomic E-state index is -3.53. The standard InChI is InChI=1S/C28H26O3P2/c1-23(32(30,24-14-6-2-7-15-24)25-16-8-3-9-17-25)22-28(29)33(31,26-18-10-4-11-19-26)27-20-12-5-13-21-27/h2-23,29H,1H3. The van der Waals surface area contributed by atoms with Crippen molar-refractivity contribution in [3.8, 4) is 0 Å². The van der Waals surface area contributed by atoms with Gasteiger partial charge < -0.3 is 14.2 Å². The van der Waals surface area contributed by atoms with Gasteiger partial charge in [-0.25, -0.2) is 0 Å². The summed E-state index contributed by atoms with van der Waals surface area (Å²) in [6.07, 6.45) is 1.53. The molecule has 0 aliphatic rings. The van der Waals surface area contributed by atoms with Gasteiger partial charge in [0.05, 0.1) is 0 Å². The summed E-state index contributed by atoms with van der Waals surface area (Å²) in [6, 6.07) is 36.6. The van der Waals surface area contributed by atoms with Crippen LogP contribution in [0.15, 0.2) is 133 Å². The molecule has 4 aromatic rings. The maximum Gasteiger partial charge on any atom is 0.203 e. The van der Waals surface area contributed by atoms with E-state index in [1.54, 1.807) is 48.5 Å². The Morgan fingerprint density at radius 3 is 1.24 bits per heavy atom. The maximum absolute atomic E-state index is 14.6. The highest BCUT2D eigenvalue weighted by atomic mass is 31.2. The molecule has 0 heterocycles. The normalized spacial score (nSPS) is 13.4. The topological polar surface area (TPSA) is 54.4 Å². The molecule has 0 saturated heterocycles. The molecule has 4 aromatic carbocycles. The Bertz CT molecular complexity index is 1230. The number of hydrogen-bond acceptors (Lipinski definition) is 3. The van der Waals surface area contributed by atoms with Crippen molar-refractivity contribution in [1.29, 1.82) is 0 Å². The van der Waals surface area contributed by atoms with Gasteiger partial charge in [0.2, 0.25) is 7.14 Å². The fourth-order valence-corrected chi connectivity index (χ4v) is 9.42. The Balaban J connectivity index is 1.88. The minimum absolute atomic E-state index is 0.250. The van der Waals surface area contributed by atoms with E-state index in [0.717, 1.165) is 0 Å². The van der Waals surface area contributed by atoms with Crippen LogP contribution in [0.1, 0.15) is 6.92 Å². The highest BCUT2D eigenvalue weighted by molar-refractivity contribution is 7.82. The van der Waals surface area contributed by atoms with Crippen LogP contribution in [0, 0.1) is 0 Å². The smallest absolute Gasteiger partial charge is 0.203 e. The molecule has 0 aromatic heterocycles. The van der Waals surface area contributed by atoms with E-state index in [1.807, 2.05) is 79.7 Å². The summed E-state index contributed by atoms with van der Waals surface area (Å²) >= 11 is 0. The predicted octanol–water partition coefficient (Wildman–Crippen LogP) is 5.80. The van der Waals surface area contributed by atoms with E-state index in [-0.39, 0.29) is 5.50 Å². The summed E-state index contributed by atoms with van der Waals surface area (Å²) in [5.74, 6) is 0. The second-order valence-electron chi connectivity index (χ2n) is 7.87. The van der Waals surface area contributed by atoms with E-state index in [2.05, 4.69) is 0 Å². The molecule has 0 aliphatic carbocycles. The number of hydrogen-bond donors (Lipinski definition) is 1. The molecule has 0 saturated carbocycles.